The lowest BCUT2D eigenvalue weighted by Gasteiger charge is -2.21. The quantitative estimate of drug-likeness (QED) is 0.872. The van der Waals surface area contributed by atoms with Crippen molar-refractivity contribution in [2.45, 2.75) is 52.1 Å². The first-order valence-electron chi connectivity index (χ1n) is 8.28. The Morgan fingerprint density at radius 2 is 1.76 bits per heavy atom. The number of carboxylic acid groups (broad SMARTS) is 1. The van der Waals surface area contributed by atoms with Gasteiger partial charge in [-0.25, -0.2) is 4.79 Å². The summed E-state index contributed by atoms with van der Waals surface area (Å²) in [5.74, 6) is -1.28. The molecule has 1 aromatic heterocycles. The summed E-state index contributed by atoms with van der Waals surface area (Å²) < 4.78 is 1.36. The molecule has 6 heteroatoms. The van der Waals surface area contributed by atoms with Crippen LogP contribution in [0.25, 0.3) is 0 Å². The number of benzene rings is 1. The second-order valence-corrected chi connectivity index (χ2v) is 7.29. The number of carbonyl (C=O) groups excluding carboxylic acids is 1. The molecular weight excluding hydrogens is 318 g/mol. The highest BCUT2D eigenvalue weighted by atomic mass is 16.4. The molecular formula is C19H25N3O3. The lowest BCUT2D eigenvalue weighted by molar-refractivity contribution is -0.124. The number of carboxylic acids is 1. The van der Waals surface area contributed by atoms with Gasteiger partial charge in [0.2, 0.25) is 5.91 Å². The fourth-order valence-electron chi connectivity index (χ4n) is 2.47. The summed E-state index contributed by atoms with van der Waals surface area (Å²) in [6, 6.07) is 7.45. The van der Waals surface area contributed by atoms with Crippen molar-refractivity contribution in [3.63, 3.8) is 0 Å². The molecule has 0 saturated carbocycles. The Morgan fingerprint density at radius 1 is 1.16 bits per heavy atom. The van der Waals surface area contributed by atoms with Gasteiger partial charge in [0.1, 0.15) is 6.04 Å². The van der Waals surface area contributed by atoms with Gasteiger partial charge in [-0.3, -0.25) is 9.48 Å². The van der Waals surface area contributed by atoms with Crippen LogP contribution >= 0.6 is 0 Å². The lowest BCUT2D eigenvalue weighted by Crippen LogP contribution is -2.33. The molecule has 1 heterocycles. The molecule has 0 radical (unpaired) electrons. The standard InChI is InChI=1S/C19H25N3O3/c1-12(14-6-8-16(9-7-14)19(3,4)5)21-17(23)13(2)22-11-15(10-20-22)18(24)25/h6-13H,1-5H3,(H,21,23)(H,24,25). The van der Waals surface area contributed by atoms with Crippen LogP contribution in [0.4, 0.5) is 0 Å². The van der Waals surface area contributed by atoms with E-state index in [1.54, 1.807) is 6.92 Å². The van der Waals surface area contributed by atoms with E-state index in [9.17, 15) is 9.59 Å². The van der Waals surface area contributed by atoms with Crippen molar-refractivity contribution in [2.24, 2.45) is 0 Å². The molecule has 2 rings (SSSR count). The Bertz CT molecular complexity index is 757. The summed E-state index contributed by atoms with van der Waals surface area (Å²) in [7, 11) is 0. The van der Waals surface area contributed by atoms with Crippen LogP contribution in [0.15, 0.2) is 36.7 Å². The Labute approximate surface area is 147 Å². The smallest absolute Gasteiger partial charge is 0.338 e. The lowest BCUT2D eigenvalue weighted by atomic mass is 9.86. The molecule has 0 aliphatic carbocycles. The summed E-state index contributed by atoms with van der Waals surface area (Å²) in [6.45, 7) is 10.1. The van der Waals surface area contributed by atoms with Gasteiger partial charge in [0.25, 0.3) is 0 Å². The van der Waals surface area contributed by atoms with Crippen LogP contribution in [-0.4, -0.2) is 26.8 Å². The van der Waals surface area contributed by atoms with Crippen molar-refractivity contribution < 1.29 is 14.7 Å². The van der Waals surface area contributed by atoms with Gasteiger partial charge in [0.15, 0.2) is 0 Å². The van der Waals surface area contributed by atoms with Crippen molar-refractivity contribution >= 4 is 11.9 Å². The Balaban J connectivity index is 2.04. The van der Waals surface area contributed by atoms with Gasteiger partial charge in [-0.2, -0.15) is 5.10 Å². The second-order valence-electron chi connectivity index (χ2n) is 7.29. The van der Waals surface area contributed by atoms with E-state index >= 15 is 0 Å². The van der Waals surface area contributed by atoms with E-state index < -0.39 is 12.0 Å². The number of aromatic nitrogens is 2. The number of aromatic carboxylic acids is 1. The highest BCUT2D eigenvalue weighted by molar-refractivity contribution is 5.87. The fraction of sp³-hybridized carbons (Fsp3) is 0.421. The molecule has 0 aliphatic heterocycles. The van der Waals surface area contributed by atoms with Crippen molar-refractivity contribution in [3.8, 4) is 0 Å². The normalized spacial score (nSPS) is 14.0. The third-order valence-electron chi connectivity index (χ3n) is 4.26. The van der Waals surface area contributed by atoms with E-state index in [1.165, 1.54) is 22.6 Å². The summed E-state index contributed by atoms with van der Waals surface area (Å²) in [6.07, 6.45) is 2.59. The number of hydrogen-bond acceptors (Lipinski definition) is 3. The third kappa shape index (κ3) is 4.47. The first kappa shape index (κ1) is 18.7. The van der Waals surface area contributed by atoms with Gasteiger partial charge in [0, 0.05) is 6.20 Å². The van der Waals surface area contributed by atoms with E-state index in [2.05, 4.69) is 43.3 Å². The number of amides is 1. The molecule has 134 valence electrons. The molecule has 1 amide bonds. The van der Waals surface area contributed by atoms with E-state index in [-0.39, 0.29) is 22.9 Å². The molecule has 0 fully saturated rings. The van der Waals surface area contributed by atoms with E-state index in [0.717, 1.165) is 5.56 Å². The molecule has 25 heavy (non-hydrogen) atoms. The molecule has 2 aromatic rings. The molecule has 6 nitrogen and oxygen atoms in total. The van der Waals surface area contributed by atoms with E-state index in [4.69, 9.17) is 5.11 Å². The van der Waals surface area contributed by atoms with Crippen LogP contribution in [0.3, 0.4) is 0 Å². The summed E-state index contributed by atoms with van der Waals surface area (Å²) in [4.78, 5) is 23.3. The monoisotopic (exact) mass is 343 g/mol. The van der Waals surface area contributed by atoms with Crippen LogP contribution < -0.4 is 5.32 Å². The number of nitrogens with zero attached hydrogens (tertiary/aromatic N) is 2. The minimum Gasteiger partial charge on any atom is -0.478 e. The van der Waals surface area contributed by atoms with Crippen LogP contribution in [-0.2, 0) is 10.2 Å². The largest absolute Gasteiger partial charge is 0.478 e. The molecule has 1 aromatic carbocycles. The first-order valence-corrected chi connectivity index (χ1v) is 8.28. The number of hydrogen-bond donors (Lipinski definition) is 2. The van der Waals surface area contributed by atoms with Crippen LogP contribution in [0.2, 0.25) is 0 Å². The molecule has 0 spiro atoms. The summed E-state index contributed by atoms with van der Waals surface area (Å²) in [5, 5.41) is 15.8. The highest BCUT2D eigenvalue weighted by Gasteiger charge is 2.20. The van der Waals surface area contributed by atoms with Gasteiger partial charge in [0.05, 0.1) is 17.8 Å². The van der Waals surface area contributed by atoms with Crippen molar-refractivity contribution in [1.29, 1.82) is 0 Å². The third-order valence-corrected chi connectivity index (χ3v) is 4.26. The van der Waals surface area contributed by atoms with Crippen molar-refractivity contribution in [2.75, 3.05) is 0 Å². The molecule has 2 atom stereocenters. The SMILES string of the molecule is CC(NC(=O)C(C)n1cc(C(=O)O)cn1)c1ccc(C(C)(C)C)cc1. The van der Waals surface area contributed by atoms with Crippen molar-refractivity contribution in [3.05, 3.63) is 53.3 Å². The van der Waals surface area contributed by atoms with Gasteiger partial charge in [-0.1, -0.05) is 45.0 Å². The maximum atomic E-state index is 12.4. The van der Waals surface area contributed by atoms with Crippen LogP contribution in [0.5, 0.6) is 0 Å². The van der Waals surface area contributed by atoms with Gasteiger partial charge < -0.3 is 10.4 Å². The van der Waals surface area contributed by atoms with E-state index in [1.807, 2.05) is 19.1 Å². The zero-order valence-electron chi connectivity index (χ0n) is 15.3. The number of carbonyl (C=O) groups is 2. The zero-order valence-corrected chi connectivity index (χ0v) is 15.3. The van der Waals surface area contributed by atoms with Gasteiger partial charge in [-0.15, -0.1) is 0 Å². The first-order chi connectivity index (χ1) is 11.6. The Hall–Kier alpha value is -2.63. The predicted octanol–water partition coefficient (Wildman–Crippen LogP) is 3.32. The van der Waals surface area contributed by atoms with Gasteiger partial charge in [-0.05, 0) is 30.4 Å². The maximum absolute atomic E-state index is 12.4. The fourth-order valence-corrected chi connectivity index (χ4v) is 2.47. The molecule has 0 saturated heterocycles. The number of nitrogens with one attached hydrogen (secondary N) is 1. The highest BCUT2D eigenvalue weighted by Crippen LogP contribution is 2.24. The average molecular weight is 343 g/mol. The summed E-state index contributed by atoms with van der Waals surface area (Å²) >= 11 is 0. The average Bonchev–Trinajstić information content (AvgIpc) is 3.03. The zero-order chi connectivity index (χ0) is 18.8. The van der Waals surface area contributed by atoms with Crippen LogP contribution in [0.1, 0.15) is 68.2 Å². The second kappa shape index (κ2) is 7.09. The van der Waals surface area contributed by atoms with Crippen LogP contribution in [0, 0.1) is 0 Å². The molecule has 0 aliphatic rings. The van der Waals surface area contributed by atoms with Crippen molar-refractivity contribution in [1.82, 2.24) is 15.1 Å². The Morgan fingerprint density at radius 3 is 2.24 bits per heavy atom. The van der Waals surface area contributed by atoms with Gasteiger partial charge >= 0.3 is 5.97 Å². The molecule has 2 N–H and O–H groups in total. The number of rotatable bonds is 5. The summed E-state index contributed by atoms with van der Waals surface area (Å²) in [5.41, 5.74) is 2.40. The van der Waals surface area contributed by atoms with E-state index in [0.29, 0.717) is 0 Å². The Kier molecular flexibility index (Phi) is 5.30. The maximum Gasteiger partial charge on any atom is 0.338 e. The predicted molar refractivity (Wildman–Crippen MR) is 95.6 cm³/mol. The minimum atomic E-state index is -1.06. The topological polar surface area (TPSA) is 84.2 Å². The molecule has 0 bridgehead atoms. The molecule has 2 unspecified atom stereocenters. The minimum absolute atomic E-state index is 0.0606.